The molecule has 2 unspecified atom stereocenters. The minimum absolute atomic E-state index is 0.0250. The lowest BCUT2D eigenvalue weighted by Crippen LogP contribution is -2.45. The molecule has 2 heterocycles. The van der Waals surface area contributed by atoms with Gasteiger partial charge in [0.1, 0.15) is 22.4 Å². The van der Waals surface area contributed by atoms with E-state index in [-0.39, 0.29) is 28.9 Å². The summed E-state index contributed by atoms with van der Waals surface area (Å²) in [5.41, 5.74) is 12.1. The van der Waals surface area contributed by atoms with Gasteiger partial charge in [-0.3, -0.25) is 19.3 Å². The predicted molar refractivity (Wildman–Crippen MR) is 152 cm³/mol. The van der Waals surface area contributed by atoms with Crippen molar-refractivity contribution in [3.8, 4) is 11.5 Å². The highest BCUT2D eigenvalue weighted by Gasteiger charge is 2.37. The maximum atomic E-state index is 14.3. The van der Waals surface area contributed by atoms with Crippen molar-refractivity contribution < 1.29 is 28.6 Å². The Morgan fingerprint density at radius 3 is 2.48 bits per heavy atom. The zero-order valence-electron chi connectivity index (χ0n) is 22.4. The molecule has 2 atom stereocenters. The predicted octanol–water partition coefficient (Wildman–Crippen LogP) is 3.30. The highest BCUT2D eigenvalue weighted by atomic mass is 32.1. The Balaban J connectivity index is 1.85. The number of rotatable bonds is 12. The molecule has 212 valence electrons. The molecule has 1 aliphatic rings. The second-order valence-electron chi connectivity index (χ2n) is 9.00. The van der Waals surface area contributed by atoms with Gasteiger partial charge in [0.05, 0.1) is 30.7 Å². The number of carbonyl (C=O) groups is 3. The highest BCUT2D eigenvalue weighted by Crippen LogP contribution is 2.38. The number of aromatic nitrogens is 1. The number of nitrogens with zero attached hydrogens (tertiary/aromatic N) is 2. The molecular weight excluding hydrogens is 534 g/mol. The molecule has 11 nitrogen and oxygen atoms in total. The standard InChI is InChI=1S/C28H33N5O6S/c1-3-37-18-13-11-17(12-14-18)24(27(35)31-16-19-8-7-15-39-19)33(20-9-5-6-10-21(20)38-4-2)28(36)25-22(29)23(26(30)34)32-40-25/h5-6,9-14,19,24H,3-4,7-8,15-16,29H2,1-2H3,(H2,30,34)(H,31,35). The number of primary amides is 1. The lowest BCUT2D eigenvalue weighted by Gasteiger charge is -2.32. The van der Waals surface area contributed by atoms with E-state index < -0.39 is 23.8 Å². The van der Waals surface area contributed by atoms with Gasteiger partial charge in [-0.25, -0.2) is 0 Å². The molecular formula is C28H33N5O6S. The molecule has 1 saturated heterocycles. The molecule has 3 aromatic rings. The van der Waals surface area contributed by atoms with Crippen molar-refractivity contribution in [1.82, 2.24) is 9.69 Å². The molecule has 1 aliphatic heterocycles. The van der Waals surface area contributed by atoms with Crippen LogP contribution in [0.3, 0.4) is 0 Å². The first kappa shape index (κ1) is 28.8. The first-order valence-electron chi connectivity index (χ1n) is 13.1. The lowest BCUT2D eigenvalue weighted by atomic mass is 10.0. The van der Waals surface area contributed by atoms with Crippen molar-refractivity contribution in [2.24, 2.45) is 5.73 Å². The molecule has 1 fully saturated rings. The molecule has 0 aliphatic carbocycles. The van der Waals surface area contributed by atoms with Gasteiger partial charge in [-0.05, 0) is 68.1 Å². The molecule has 0 radical (unpaired) electrons. The molecule has 12 heteroatoms. The molecule has 40 heavy (non-hydrogen) atoms. The number of benzene rings is 2. The number of nitrogens with one attached hydrogen (secondary N) is 1. The van der Waals surface area contributed by atoms with Gasteiger partial charge in [0, 0.05) is 13.2 Å². The van der Waals surface area contributed by atoms with E-state index in [0.29, 0.717) is 42.6 Å². The third-order valence-corrected chi connectivity index (χ3v) is 7.19. The minimum Gasteiger partial charge on any atom is -0.494 e. The second-order valence-corrected chi connectivity index (χ2v) is 9.77. The maximum Gasteiger partial charge on any atom is 0.273 e. The van der Waals surface area contributed by atoms with Crippen LogP contribution >= 0.6 is 11.5 Å². The summed E-state index contributed by atoms with van der Waals surface area (Å²) in [5, 5.41) is 2.96. The SMILES string of the molecule is CCOc1ccc(C(C(=O)NCC2CCCO2)N(C(=O)c2snc(C(N)=O)c2N)c2ccccc2OCC)cc1. The fourth-order valence-corrected chi connectivity index (χ4v) is 5.23. The molecule has 2 aromatic carbocycles. The molecule has 1 aromatic heterocycles. The molecule has 0 spiro atoms. The Hall–Kier alpha value is -4.16. The number of nitrogen functional groups attached to an aromatic ring is 1. The van der Waals surface area contributed by atoms with Crippen molar-refractivity contribution in [2.45, 2.75) is 38.8 Å². The molecule has 0 bridgehead atoms. The van der Waals surface area contributed by atoms with Gasteiger partial charge in [-0.15, -0.1) is 0 Å². The van der Waals surface area contributed by atoms with Gasteiger partial charge in [0.15, 0.2) is 5.69 Å². The number of hydrogen-bond donors (Lipinski definition) is 3. The fraction of sp³-hybridized carbons (Fsp3) is 0.357. The van der Waals surface area contributed by atoms with Gasteiger partial charge in [-0.1, -0.05) is 24.3 Å². The van der Waals surface area contributed by atoms with Crippen LogP contribution in [0.25, 0.3) is 0 Å². The summed E-state index contributed by atoms with van der Waals surface area (Å²) in [6.45, 7) is 5.43. The van der Waals surface area contributed by atoms with Crippen LogP contribution < -0.4 is 31.2 Å². The Kier molecular flexibility index (Phi) is 9.56. The summed E-state index contributed by atoms with van der Waals surface area (Å²) in [7, 11) is 0. The van der Waals surface area contributed by atoms with Crippen LogP contribution in [-0.4, -0.2) is 54.6 Å². The van der Waals surface area contributed by atoms with Crippen LogP contribution in [0.2, 0.25) is 0 Å². The Labute approximate surface area is 236 Å². The molecule has 5 N–H and O–H groups in total. The zero-order valence-corrected chi connectivity index (χ0v) is 23.2. The number of ether oxygens (including phenoxy) is 3. The third-order valence-electron chi connectivity index (χ3n) is 6.34. The Morgan fingerprint density at radius 1 is 1.12 bits per heavy atom. The van der Waals surface area contributed by atoms with Crippen LogP contribution in [0.1, 0.15) is 58.5 Å². The summed E-state index contributed by atoms with van der Waals surface area (Å²) in [4.78, 5) is 41.4. The maximum absolute atomic E-state index is 14.3. The number of carbonyl (C=O) groups excluding carboxylic acids is 3. The largest absolute Gasteiger partial charge is 0.494 e. The summed E-state index contributed by atoms with van der Waals surface area (Å²) < 4.78 is 21.1. The monoisotopic (exact) mass is 567 g/mol. The molecule has 3 amide bonds. The van der Waals surface area contributed by atoms with Crippen molar-refractivity contribution in [3.05, 3.63) is 64.7 Å². The molecule has 0 saturated carbocycles. The van der Waals surface area contributed by atoms with Gasteiger partial charge in [0.2, 0.25) is 5.91 Å². The Bertz CT molecular complexity index is 1340. The van der Waals surface area contributed by atoms with E-state index in [1.807, 2.05) is 13.8 Å². The lowest BCUT2D eigenvalue weighted by molar-refractivity contribution is -0.123. The Morgan fingerprint density at radius 2 is 1.85 bits per heavy atom. The average molecular weight is 568 g/mol. The van der Waals surface area contributed by atoms with E-state index in [9.17, 15) is 14.4 Å². The van der Waals surface area contributed by atoms with Crippen LogP contribution in [0, 0.1) is 0 Å². The summed E-state index contributed by atoms with van der Waals surface area (Å²) in [6, 6.07) is 12.7. The van der Waals surface area contributed by atoms with E-state index in [2.05, 4.69) is 9.69 Å². The number of nitrogens with two attached hydrogens (primary N) is 2. The van der Waals surface area contributed by atoms with Crippen molar-refractivity contribution in [3.63, 3.8) is 0 Å². The van der Waals surface area contributed by atoms with Gasteiger partial charge in [-0.2, -0.15) is 4.37 Å². The second kappa shape index (κ2) is 13.3. The summed E-state index contributed by atoms with van der Waals surface area (Å²) in [5.74, 6) is -0.917. The third kappa shape index (κ3) is 6.35. The van der Waals surface area contributed by atoms with Crippen LogP contribution in [0.5, 0.6) is 11.5 Å². The highest BCUT2D eigenvalue weighted by molar-refractivity contribution is 7.09. The smallest absolute Gasteiger partial charge is 0.273 e. The van der Waals surface area contributed by atoms with E-state index in [0.717, 1.165) is 24.4 Å². The van der Waals surface area contributed by atoms with Crippen molar-refractivity contribution >= 4 is 40.6 Å². The molecule has 4 rings (SSSR count). The number of hydrogen-bond acceptors (Lipinski definition) is 9. The van der Waals surface area contributed by atoms with Crippen LogP contribution in [0.15, 0.2) is 48.5 Å². The average Bonchev–Trinajstić information content (AvgIpc) is 3.61. The van der Waals surface area contributed by atoms with E-state index in [4.69, 9.17) is 25.7 Å². The van der Waals surface area contributed by atoms with Crippen molar-refractivity contribution in [1.29, 1.82) is 0 Å². The van der Waals surface area contributed by atoms with Gasteiger partial charge in [0.25, 0.3) is 11.8 Å². The van der Waals surface area contributed by atoms with Crippen molar-refractivity contribution in [2.75, 3.05) is 37.0 Å². The summed E-state index contributed by atoms with van der Waals surface area (Å²) >= 11 is 0.742. The van der Waals surface area contributed by atoms with Gasteiger partial charge >= 0.3 is 0 Å². The van der Waals surface area contributed by atoms with E-state index in [1.165, 1.54) is 4.90 Å². The van der Waals surface area contributed by atoms with E-state index >= 15 is 0 Å². The topological polar surface area (TPSA) is 159 Å². The first-order valence-corrected chi connectivity index (χ1v) is 13.8. The van der Waals surface area contributed by atoms with Crippen LogP contribution in [0.4, 0.5) is 11.4 Å². The van der Waals surface area contributed by atoms with Crippen LogP contribution in [-0.2, 0) is 9.53 Å². The van der Waals surface area contributed by atoms with E-state index in [1.54, 1.807) is 48.5 Å². The normalized spacial score (nSPS) is 15.3. The summed E-state index contributed by atoms with van der Waals surface area (Å²) in [6.07, 6.45) is 1.64. The fourth-order valence-electron chi connectivity index (χ4n) is 4.49. The zero-order chi connectivity index (χ0) is 28.6. The number of para-hydroxylation sites is 2. The minimum atomic E-state index is -1.15. The van der Waals surface area contributed by atoms with Gasteiger partial charge < -0.3 is 31.0 Å². The number of amides is 3. The quantitative estimate of drug-likeness (QED) is 0.301. The number of anilines is 2. The first-order chi connectivity index (χ1) is 19.3.